The third-order valence-corrected chi connectivity index (χ3v) is 1.01. The topological polar surface area (TPSA) is 27.6 Å². The van der Waals surface area contributed by atoms with E-state index in [1.807, 2.05) is 0 Å². The Kier molecular flexibility index (Phi) is 1.44. The van der Waals surface area contributed by atoms with Gasteiger partial charge in [-0.15, -0.1) is 0 Å². The van der Waals surface area contributed by atoms with E-state index in [2.05, 4.69) is 5.73 Å². The first-order valence-electron chi connectivity index (χ1n) is 2.47. The van der Waals surface area contributed by atoms with E-state index in [1.165, 1.54) is 0 Å². The molecular weight excluding hydrogens is 124 g/mol. The summed E-state index contributed by atoms with van der Waals surface area (Å²) < 4.78 is 24.4. The van der Waals surface area contributed by atoms with Crippen molar-refractivity contribution in [3.8, 4) is 0 Å². The average Bonchev–Trinajstić information content (AvgIpc) is 1.80. The van der Waals surface area contributed by atoms with Crippen molar-refractivity contribution in [3.05, 3.63) is 29.8 Å². The van der Waals surface area contributed by atoms with Crippen LogP contribution in [0, 0.1) is 11.6 Å². The predicted molar refractivity (Wildman–Crippen MR) is 28.9 cm³/mol. The summed E-state index contributed by atoms with van der Waals surface area (Å²) in [6, 6.07) is 3.16. The number of benzene rings is 1. The minimum Gasteiger partial charge on any atom is -0.323 e. The summed E-state index contributed by atoms with van der Waals surface area (Å²) in [4.78, 5) is 0. The van der Waals surface area contributed by atoms with Gasteiger partial charge in [-0.1, -0.05) is 0 Å². The molecular formula is C6H6F2N+. The van der Waals surface area contributed by atoms with Crippen LogP contribution in [-0.4, -0.2) is 0 Å². The number of rotatable bonds is 0. The fourth-order valence-electron chi connectivity index (χ4n) is 0.543. The molecule has 0 radical (unpaired) electrons. The number of halogens is 2. The lowest BCUT2D eigenvalue weighted by molar-refractivity contribution is -0.258. The molecule has 48 valence electrons. The van der Waals surface area contributed by atoms with Crippen molar-refractivity contribution in [2.75, 3.05) is 0 Å². The van der Waals surface area contributed by atoms with Crippen LogP contribution in [0.5, 0.6) is 0 Å². The van der Waals surface area contributed by atoms with Gasteiger partial charge >= 0.3 is 0 Å². The number of hydrogen-bond acceptors (Lipinski definition) is 0. The van der Waals surface area contributed by atoms with Crippen LogP contribution in [0.4, 0.5) is 14.5 Å². The highest BCUT2D eigenvalue weighted by Gasteiger charge is 2.00. The van der Waals surface area contributed by atoms with Crippen molar-refractivity contribution in [2.45, 2.75) is 0 Å². The fraction of sp³-hybridized carbons (Fsp3) is 0. The van der Waals surface area contributed by atoms with Crippen LogP contribution in [-0.2, 0) is 0 Å². The molecule has 0 bridgehead atoms. The molecule has 0 fully saturated rings. The normalized spacial score (nSPS) is 9.67. The van der Waals surface area contributed by atoms with Gasteiger partial charge in [0.25, 0.3) is 0 Å². The second-order valence-electron chi connectivity index (χ2n) is 1.74. The first kappa shape index (κ1) is 6.16. The average molecular weight is 130 g/mol. The first-order chi connectivity index (χ1) is 4.20. The second-order valence-corrected chi connectivity index (χ2v) is 1.74. The van der Waals surface area contributed by atoms with Crippen molar-refractivity contribution in [2.24, 2.45) is 0 Å². The standard InChI is InChI=1S/C6H5F2N/c7-4-1-2-5(8)6(9)3-4/h1-3H,9H2/p+1. The van der Waals surface area contributed by atoms with E-state index < -0.39 is 11.6 Å². The molecule has 1 nitrogen and oxygen atoms in total. The van der Waals surface area contributed by atoms with Crippen LogP contribution in [0.15, 0.2) is 18.2 Å². The minimum absolute atomic E-state index is 0.0926. The molecule has 3 heteroatoms. The Morgan fingerprint density at radius 1 is 1.22 bits per heavy atom. The quantitative estimate of drug-likeness (QED) is 0.539. The summed E-state index contributed by atoms with van der Waals surface area (Å²) >= 11 is 0. The summed E-state index contributed by atoms with van der Waals surface area (Å²) in [5, 5.41) is 0. The van der Waals surface area contributed by atoms with Gasteiger partial charge in [-0.25, -0.2) is 8.78 Å². The van der Waals surface area contributed by atoms with E-state index in [0.717, 1.165) is 18.2 Å². The van der Waals surface area contributed by atoms with Crippen LogP contribution in [0.25, 0.3) is 0 Å². The van der Waals surface area contributed by atoms with Gasteiger partial charge in [-0.05, 0) is 12.1 Å². The van der Waals surface area contributed by atoms with E-state index in [4.69, 9.17) is 0 Å². The molecule has 1 aromatic rings. The Balaban J connectivity index is 3.17. The summed E-state index contributed by atoms with van der Waals surface area (Å²) in [6.45, 7) is 0. The highest BCUT2D eigenvalue weighted by Crippen LogP contribution is 2.08. The summed E-state index contributed by atoms with van der Waals surface area (Å²) in [6.07, 6.45) is 0. The molecule has 0 saturated heterocycles. The number of quaternary nitrogens is 1. The molecule has 0 aliphatic rings. The molecule has 0 saturated carbocycles. The predicted octanol–water partition coefficient (Wildman–Crippen LogP) is 0.838. The lowest BCUT2D eigenvalue weighted by atomic mass is 10.3. The molecule has 3 N–H and O–H groups in total. The lowest BCUT2D eigenvalue weighted by Gasteiger charge is -1.88. The molecule has 0 aromatic heterocycles. The Bertz CT molecular complexity index is 222. The summed E-state index contributed by atoms with van der Waals surface area (Å²) in [5.41, 5.74) is 3.36. The lowest BCUT2D eigenvalue weighted by Crippen LogP contribution is -2.41. The van der Waals surface area contributed by atoms with Gasteiger partial charge in [0.05, 0.1) is 0 Å². The van der Waals surface area contributed by atoms with Crippen molar-refractivity contribution >= 4 is 5.69 Å². The van der Waals surface area contributed by atoms with Crippen LogP contribution in [0.3, 0.4) is 0 Å². The Hall–Kier alpha value is -0.960. The van der Waals surface area contributed by atoms with Gasteiger partial charge in [0.2, 0.25) is 0 Å². The van der Waals surface area contributed by atoms with Gasteiger partial charge in [-0.2, -0.15) is 0 Å². The zero-order valence-electron chi connectivity index (χ0n) is 4.70. The Labute approximate surface area is 51.1 Å². The van der Waals surface area contributed by atoms with Gasteiger partial charge in [-0.3, -0.25) is 0 Å². The van der Waals surface area contributed by atoms with Gasteiger partial charge < -0.3 is 5.73 Å². The molecule has 9 heavy (non-hydrogen) atoms. The van der Waals surface area contributed by atoms with Crippen LogP contribution < -0.4 is 5.73 Å². The number of hydrogen-bond donors (Lipinski definition) is 1. The van der Waals surface area contributed by atoms with E-state index in [-0.39, 0.29) is 5.69 Å². The monoisotopic (exact) mass is 130 g/mol. The van der Waals surface area contributed by atoms with E-state index in [9.17, 15) is 8.78 Å². The zero-order valence-corrected chi connectivity index (χ0v) is 4.70. The SMILES string of the molecule is [NH3+]c1cc(F)ccc1F. The third-order valence-electron chi connectivity index (χ3n) is 1.01. The fourth-order valence-corrected chi connectivity index (χ4v) is 0.543. The summed E-state index contributed by atoms with van der Waals surface area (Å²) in [5.74, 6) is -0.933. The smallest absolute Gasteiger partial charge is 0.183 e. The van der Waals surface area contributed by atoms with Crippen LogP contribution >= 0.6 is 0 Å². The maximum atomic E-state index is 12.3. The second kappa shape index (κ2) is 2.11. The molecule has 1 aromatic carbocycles. The van der Waals surface area contributed by atoms with Crippen molar-refractivity contribution < 1.29 is 14.5 Å². The molecule has 0 aliphatic carbocycles. The van der Waals surface area contributed by atoms with Crippen molar-refractivity contribution in [1.82, 2.24) is 0 Å². The molecule has 0 aliphatic heterocycles. The van der Waals surface area contributed by atoms with E-state index in [1.54, 1.807) is 0 Å². The summed E-state index contributed by atoms with van der Waals surface area (Å²) in [7, 11) is 0. The van der Waals surface area contributed by atoms with Crippen LogP contribution in [0.2, 0.25) is 0 Å². The largest absolute Gasteiger partial charge is 0.323 e. The van der Waals surface area contributed by atoms with Crippen molar-refractivity contribution in [3.63, 3.8) is 0 Å². The first-order valence-corrected chi connectivity index (χ1v) is 2.47. The molecule has 0 heterocycles. The van der Waals surface area contributed by atoms with Crippen molar-refractivity contribution in [1.29, 1.82) is 0 Å². The third kappa shape index (κ3) is 1.23. The van der Waals surface area contributed by atoms with Gasteiger partial charge in [0, 0.05) is 6.07 Å². The Morgan fingerprint density at radius 3 is 2.33 bits per heavy atom. The molecule has 0 atom stereocenters. The molecule has 0 spiro atoms. The zero-order chi connectivity index (χ0) is 6.85. The minimum atomic E-state index is -0.476. The maximum Gasteiger partial charge on any atom is 0.183 e. The molecule has 1 rings (SSSR count). The van der Waals surface area contributed by atoms with Crippen LogP contribution in [0.1, 0.15) is 0 Å². The molecule has 0 unspecified atom stereocenters. The van der Waals surface area contributed by atoms with Gasteiger partial charge in [0.1, 0.15) is 5.82 Å². The highest BCUT2D eigenvalue weighted by atomic mass is 19.1. The molecule has 0 amide bonds. The maximum absolute atomic E-state index is 12.3. The highest BCUT2D eigenvalue weighted by molar-refractivity contribution is 5.29. The van der Waals surface area contributed by atoms with E-state index in [0.29, 0.717) is 0 Å². The van der Waals surface area contributed by atoms with Gasteiger partial charge in [0.15, 0.2) is 11.5 Å². The van der Waals surface area contributed by atoms with E-state index >= 15 is 0 Å². The Morgan fingerprint density at radius 2 is 1.89 bits per heavy atom.